The summed E-state index contributed by atoms with van der Waals surface area (Å²) in [6.45, 7) is 3.00. The van der Waals surface area contributed by atoms with Crippen molar-refractivity contribution in [2.75, 3.05) is 6.54 Å². The van der Waals surface area contributed by atoms with Gasteiger partial charge in [-0.15, -0.1) is 0 Å². The molecule has 0 spiro atoms. The Balaban J connectivity index is 1.62. The minimum Gasteiger partial charge on any atom is -0.370 e. The molecule has 3 rings (SSSR count). The second-order valence-electron chi connectivity index (χ2n) is 6.35. The minimum atomic E-state index is -0.0541. The fourth-order valence-electron chi connectivity index (χ4n) is 3.00. The molecule has 1 aliphatic heterocycles. The van der Waals surface area contributed by atoms with Gasteiger partial charge in [-0.05, 0) is 24.8 Å². The van der Waals surface area contributed by atoms with Crippen molar-refractivity contribution in [2.24, 2.45) is 5.73 Å². The molecule has 1 fully saturated rings. The summed E-state index contributed by atoms with van der Waals surface area (Å²) in [4.78, 5) is 6.24. The number of hydrogen-bond donors (Lipinski definition) is 2. The molecule has 0 aliphatic carbocycles. The third-order valence-electron chi connectivity index (χ3n) is 4.59. The Kier molecular flexibility index (Phi) is 5.13. The van der Waals surface area contributed by atoms with Gasteiger partial charge < -0.3 is 15.2 Å². The predicted molar refractivity (Wildman–Crippen MR) is 93.6 cm³/mol. The van der Waals surface area contributed by atoms with Crippen molar-refractivity contribution in [3.05, 3.63) is 35.7 Å². The second-order valence-corrected chi connectivity index (χ2v) is 6.35. The number of rotatable bonds is 7. The lowest BCUT2D eigenvalue weighted by atomic mass is 10.0. The average Bonchev–Trinajstić information content (AvgIpc) is 3.00. The first-order valence-corrected chi connectivity index (χ1v) is 8.72. The van der Waals surface area contributed by atoms with Crippen molar-refractivity contribution in [2.45, 2.75) is 51.5 Å². The monoisotopic (exact) mass is 327 g/mol. The highest BCUT2D eigenvalue weighted by Gasteiger charge is 2.35. The lowest BCUT2D eigenvalue weighted by Gasteiger charge is -2.38. The SMILES string of the molecule is CCCCCCc1ccc(-c2noc(C3CCN3C(=N)N)n2)cc1. The maximum atomic E-state index is 7.52. The average molecular weight is 327 g/mol. The molecule has 6 heteroatoms. The number of hydrogen-bond acceptors (Lipinski definition) is 4. The second kappa shape index (κ2) is 7.47. The molecular weight excluding hydrogens is 302 g/mol. The number of aromatic nitrogens is 2. The van der Waals surface area contributed by atoms with Crippen LogP contribution < -0.4 is 5.73 Å². The molecule has 1 saturated heterocycles. The van der Waals surface area contributed by atoms with E-state index < -0.39 is 0 Å². The zero-order valence-corrected chi connectivity index (χ0v) is 14.2. The number of aryl methyl sites for hydroxylation is 1. The normalized spacial score (nSPS) is 16.9. The largest absolute Gasteiger partial charge is 0.370 e. The van der Waals surface area contributed by atoms with Gasteiger partial charge in [-0.2, -0.15) is 4.98 Å². The molecule has 2 heterocycles. The molecule has 2 aromatic rings. The van der Waals surface area contributed by atoms with Crippen molar-refractivity contribution < 1.29 is 4.52 Å². The summed E-state index contributed by atoms with van der Waals surface area (Å²) >= 11 is 0. The van der Waals surface area contributed by atoms with Crippen LogP contribution in [-0.2, 0) is 6.42 Å². The van der Waals surface area contributed by atoms with Crippen molar-refractivity contribution in [1.29, 1.82) is 5.41 Å². The van der Waals surface area contributed by atoms with Crippen LogP contribution in [0.3, 0.4) is 0 Å². The summed E-state index contributed by atoms with van der Waals surface area (Å²) < 4.78 is 5.37. The number of nitrogens with one attached hydrogen (secondary N) is 1. The third-order valence-corrected chi connectivity index (χ3v) is 4.59. The van der Waals surface area contributed by atoms with Crippen LogP contribution in [0.1, 0.15) is 56.5 Å². The topological polar surface area (TPSA) is 92.0 Å². The van der Waals surface area contributed by atoms with E-state index in [4.69, 9.17) is 15.7 Å². The summed E-state index contributed by atoms with van der Waals surface area (Å²) in [7, 11) is 0. The van der Waals surface area contributed by atoms with Crippen molar-refractivity contribution in [3.63, 3.8) is 0 Å². The van der Waals surface area contributed by atoms with E-state index in [1.54, 1.807) is 4.90 Å². The zero-order chi connectivity index (χ0) is 16.9. The van der Waals surface area contributed by atoms with Crippen LogP contribution in [0.5, 0.6) is 0 Å². The maximum absolute atomic E-state index is 7.52. The van der Waals surface area contributed by atoms with E-state index in [1.807, 2.05) is 12.1 Å². The molecular formula is C18H25N5O. The minimum absolute atomic E-state index is 0.0541. The standard InChI is InChI=1S/C18H25N5O/c1-2-3-4-5-6-13-7-9-14(10-8-13)16-21-17(24-22-16)15-11-12-23(15)18(19)20/h7-10,15H,2-6,11-12H2,1H3,(H3,19,20). The molecule has 0 saturated carbocycles. The molecule has 1 aliphatic rings. The third kappa shape index (κ3) is 3.58. The zero-order valence-electron chi connectivity index (χ0n) is 14.2. The first kappa shape index (κ1) is 16.5. The summed E-state index contributed by atoms with van der Waals surface area (Å²) in [6, 6.07) is 8.33. The van der Waals surface area contributed by atoms with Gasteiger partial charge in [0.1, 0.15) is 6.04 Å². The van der Waals surface area contributed by atoms with Gasteiger partial charge in [-0.1, -0.05) is 55.6 Å². The van der Waals surface area contributed by atoms with Crippen molar-refractivity contribution >= 4 is 5.96 Å². The molecule has 128 valence electrons. The van der Waals surface area contributed by atoms with E-state index in [1.165, 1.54) is 31.2 Å². The van der Waals surface area contributed by atoms with Gasteiger partial charge in [0.25, 0.3) is 0 Å². The van der Waals surface area contributed by atoms with E-state index in [0.29, 0.717) is 11.7 Å². The smallest absolute Gasteiger partial charge is 0.249 e. The van der Waals surface area contributed by atoms with Gasteiger partial charge in [0, 0.05) is 12.1 Å². The Morgan fingerprint density at radius 1 is 1.29 bits per heavy atom. The Labute approximate surface area is 142 Å². The molecule has 1 aromatic heterocycles. The summed E-state index contributed by atoms with van der Waals surface area (Å²) in [5, 5.41) is 11.6. The fourth-order valence-corrected chi connectivity index (χ4v) is 3.00. The number of nitrogens with zero attached hydrogens (tertiary/aromatic N) is 3. The van der Waals surface area contributed by atoms with E-state index in [-0.39, 0.29) is 12.0 Å². The summed E-state index contributed by atoms with van der Waals surface area (Å²) in [6.07, 6.45) is 7.11. The van der Waals surface area contributed by atoms with Crippen LogP contribution in [0, 0.1) is 5.41 Å². The van der Waals surface area contributed by atoms with Crippen LogP contribution >= 0.6 is 0 Å². The van der Waals surface area contributed by atoms with E-state index in [9.17, 15) is 0 Å². The Morgan fingerprint density at radius 2 is 2.08 bits per heavy atom. The van der Waals surface area contributed by atoms with Crippen LogP contribution in [-0.4, -0.2) is 27.5 Å². The molecule has 0 bridgehead atoms. The Hall–Kier alpha value is -2.37. The number of unbranched alkanes of at least 4 members (excludes halogenated alkanes) is 3. The van der Waals surface area contributed by atoms with Gasteiger partial charge in [0.05, 0.1) is 0 Å². The molecule has 6 nitrogen and oxygen atoms in total. The maximum Gasteiger partial charge on any atom is 0.249 e. The Morgan fingerprint density at radius 3 is 2.71 bits per heavy atom. The van der Waals surface area contributed by atoms with Gasteiger partial charge in [-0.25, -0.2) is 0 Å². The molecule has 1 aromatic carbocycles. The summed E-state index contributed by atoms with van der Waals surface area (Å²) in [5.41, 5.74) is 7.84. The highest BCUT2D eigenvalue weighted by molar-refractivity contribution is 5.75. The molecule has 0 radical (unpaired) electrons. The molecule has 3 N–H and O–H groups in total. The number of guanidine groups is 1. The van der Waals surface area contributed by atoms with Gasteiger partial charge >= 0.3 is 0 Å². The fraction of sp³-hybridized carbons (Fsp3) is 0.500. The highest BCUT2D eigenvalue weighted by Crippen LogP contribution is 2.32. The van der Waals surface area contributed by atoms with E-state index >= 15 is 0 Å². The van der Waals surface area contributed by atoms with E-state index in [0.717, 1.165) is 24.9 Å². The van der Waals surface area contributed by atoms with Gasteiger partial charge in [-0.3, -0.25) is 5.41 Å². The molecule has 24 heavy (non-hydrogen) atoms. The number of benzene rings is 1. The van der Waals surface area contributed by atoms with Crippen molar-refractivity contribution in [1.82, 2.24) is 15.0 Å². The van der Waals surface area contributed by atoms with Gasteiger partial charge in [0.2, 0.25) is 11.7 Å². The van der Waals surface area contributed by atoms with Crippen LogP contribution in [0.25, 0.3) is 11.4 Å². The number of likely N-dealkylation sites (tertiary alicyclic amines) is 1. The van der Waals surface area contributed by atoms with Crippen molar-refractivity contribution in [3.8, 4) is 11.4 Å². The Bertz CT molecular complexity index is 679. The first-order valence-electron chi connectivity index (χ1n) is 8.72. The predicted octanol–water partition coefficient (Wildman–Crippen LogP) is 3.50. The lowest BCUT2D eigenvalue weighted by molar-refractivity contribution is 0.141. The summed E-state index contributed by atoms with van der Waals surface area (Å²) in [5.74, 6) is 1.19. The van der Waals surface area contributed by atoms with Gasteiger partial charge in [0.15, 0.2) is 5.96 Å². The quantitative estimate of drug-likeness (QED) is 0.461. The molecule has 0 amide bonds. The van der Waals surface area contributed by atoms with Crippen LogP contribution in [0.15, 0.2) is 28.8 Å². The molecule has 1 atom stereocenters. The number of nitrogens with two attached hydrogens (primary N) is 1. The lowest BCUT2D eigenvalue weighted by Crippen LogP contribution is -2.48. The molecule has 1 unspecified atom stereocenters. The van der Waals surface area contributed by atoms with Crippen LogP contribution in [0.2, 0.25) is 0 Å². The highest BCUT2D eigenvalue weighted by atomic mass is 16.5. The first-order chi connectivity index (χ1) is 11.7. The van der Waals surface area contributed by atoms with E-state index in [2.05, 4.69) is 29.2 Å². The van der Waals surface area contributed by atoms with Crippen LogP contribution in [0.4, 0.5) is 0 Å².